The fourth-order valence-electron chi connectivity index (χ4n) is 2.36. The minimum absolute atomic E-state index is 0.0240. The molecule has 2 N–H and O–H groups in total. The molecule has 110 valence electrons. The number of nitro groups is 1. The fraction of sp³-hybridized carbons (Fsp3) is 0.615. The Kier molecular flexibility index (Phi) is 4.73. The first kappa shape index (κ1) is 14.5. The van der Waals surface area contributed by atoms with Crippen molar-refractivity contribution in [3.8, 4) is 0 Å². The summed E-state index contributed by atoms with van der Waals surface area (Å²) >= 11 is 0. The molecule has 1 unspecified atom stereocenters. The lowest BCUT2D eigenvalue weighted by atomic mass is 10.1. The number of ether oxygens (including phenoxy) is 1. The van der Waals surface area contributed by atoms with Gasteiger partial charge in [-0.3, -0.25) is 10.1 Å². The first-order valence-electron chi connectivity index (χ1n) is 6.88. The van der Waals surface area contributed by atoms with Crippen molar-refractivity contribution in [3.05, 3.63) is 22.2 Å². The first-order chi connectivity index (χ1) is 9.60. The van der Waals surface area contributed by atoms with Crippen LogP contribution >= 0.6 is 0 Å². The first-order valence-corrected chi connectivity index (χ1v) is 6.88. The molecule has 1 fully saturated rings. The van der Waals surface area contributed by atoms with Crippen LogP contribution in [0.1, 0.15) is 26.2 Å². The zero-order valence-electron chi connectivity index (χ0n) is 11.6. The van der Waals surface area contributed by atoms with Gasteiger partial charge in [-0.1, -0.05) is 6.92 Å². The van der Waals surface area contributed by atoms with E-state index in [1.165, 1.54) is 12.1 Å². The number of rotatable bonds is 5. The van der Waals surface area contributed by atoms with Crippen molar-refractivity contribution in [2.24, 2.45) is 0 Å². The molecule has 7 nitrogen and oxygen atoms in total. The van der Waals surface area contributed by atoms with Crippen LogP contribution in [0.5, 0.6) is 0 Å². The van der Waals surface area contributed by atoms with Crippen molar-refractivity contribution >= 4 is 17.3 Å². The van der Waals surface area contributed by atoms with Gasteiger partial charge < -0.3 is 15.4 Å². The van der Waals surface area contributed by atoms with Gasteiger partial charge in [0.25, 0.3) is 5.69 Å². The van der Waals surface area contributed by atoms with Gasteiger partial charge in [0.05, 0.1) is 23.2 Å². The molecule has 1 aromatic heterocycles. The highest BCUT2D eigenvalue weighted by molar-refractivity contribution is 5.54. The van der Waals surface area contributed by atoms with E-state index in [-0.39, 0.29) is 17.6 Å². The Morgan fingerprint density at radius 1 is 1.60 bits per heavy atom. The molecular formula is C13H20N4O3. The predicted octanol–water partition coefficient (Wildman–Crippen LogP) is 1.97. The summed E-state index contributed by atoms with van der Waals surface area (Å²) in [6.07, 6.45) is 3.14. The Morgan fingerprint density at radius 2 is 2.40 bits per heavy atom. The number of hydrogen-bond donors (Lipinski definition) is 1. The monoisotopic (exact) mass is 280 g/mol. The van der Waals surface area contributed by atoms with Gasteiger partial charge in [0.1, 0.15) is 11.6 Å². The molecule has 0 bridgehead atoms. The number of nitrogen functional groups attached to an aromatic ring is 1. The van der Waals surface area contributed by atoms with E-state index < -0.39 is 4.92 Å². The van der Waals surface area contributed by atoms with Crippen LogP contribution in [0.4, 0.5) is 17.3 Å². The molecule has 0 spiro atoms. The highest BCUT2D eigenvalue weighted by Gasteiger charge is 2.23. The van der Waals surface area contributed by atoms with E-state index in [0.29, 0.717) is 12.4 Å². The van der Waals surface area contributed by atoms with E-state index in [4.69, 9.17) is 10.5 Å². The smallest absolute Gasteiger partial charge is 0.276 e. The standard InChI is InChI=1S/C13H20N4O3/c1-2-6-20-11-4-3-5-16(9-11)13-8-10(17(18)19)7-12(14)15-13/h7-8,11H,2-6,9H2,1H3,(H2,14,15). The molecule has 0 aromatic carbocycles. The molecule has 1 aliphatic heterocycles. The molecule has 0 amide bonds. The van der Waals surface area contributed by atoms with Crippen LogP contribution in [-0.2, 0) is 4.74 Å². The Morgan fingerprint density at radius 3 is 3.10 bits per heavy atom. The third kappa shape index (κ3) is 3.57. The van der Waals surface area contributed by atoms with Gasteiger partial charge in [0, 0.05) is 19.7 Å². The summed E-state index contributed by atoms with van der Waals surface area (Å²) in [6, 6.07) is 2.75. The molecule has 1 saturated heterocycles. The number of aromatic nitrogens is 1. The van der Waals surface area contributed by atoms with Crippen molar-refractivity contribution in [2.45, 2.75) is 32.3 Å². The summed E-state index contributed by atoms with van der Waals surface area (Å²) < 4.78 is 5.76. The van der Waals surface area contributed by atoms with Crippen LogP contribution in [0.2, 0.25) is 0 Å². The van der Waals surface area contributed by atoms with Crippen LogP contribution in [0.3, 0.4) is 0 Å². The number of nitrogens with two attached hydrogens (primary N) is 1. The topological polar surface area (TPSA) is 94.5 Å². The van der Waals surface area contributed by atoms with Gasteiger partial charge in [-0.25, -0.2) is 4.98 Å². The van der Waals surface area contributed by atoms with Gasteiger partial charge >= 0.3 is 0 Å². The maximum Gasteiger partial charge on any atom is 0.276 e. The fourth-order valence-corrected chi connectivity index (χ4v) is 2.36. The number of hydrogen-bond acceptors (Lipinski definition) is 6. The third-order valence-corrected chi connectivity index (χ3v) is 3.29. The van der Waals surface area contributed by atoms with Crippen molar-refractivity contribution in [1.82, 2.24) is 4.98 Å². The van der Waals surface area contributed by atoms with E-state index in [1.807, 2.05) is 4.90 Å². The number of anilines is 2. The second-order valence-corrected chi connectivity index (χ2v) is 4.95. The van der Waals surface area contributed by atoms with Gasteiger partial charge in [0.15, 0.2) is 0 Å². The Balaban J connectivity index is 2.12. The molecule has 0 radical (unpaired) electrons. The number of piperidine rings is 1. The highest BCUT2D eigenvalue weighted by atomic mass is 16.6. The summed E-state index contributed by atoms with van der Waals surface area (Å²) in [5.41, 5.74) is 5.62. The summed E-state index contributed by atoms with van der Waals surface area (Å²) in [7, 11) is 0. The molecular weight excluding hydrogens is 260 g/mol. The lowest BCUT2D eigenvalue weighted by Crippen LogP contribution is -2.40. The van der Waals surface area contributed by atoms with Crippen LogP contribution in [0, 0.1) is 10.1 Å². The molecule has 1 atom stereocenters. The SMILES string of the molecule is CCCOC1CCCN(c2cc([N+](=O)[O-])cc(N)n2)C1. The van der Waals surface area contributed by atoms with Crippen LogP contribution < -0.4 is 10.6 Å². The Bertz CT molecular complexity index is 481. The minimum atomic E-state index is -0.448. The van der Waals surface area contributed by atoms with Crippen LogP contribution in [-0.4, -0.2) is 35.7 Å². The zero-order chi connectivity index (χ0) is 14.5. The van der Waals surface area contributed by atoms with Gasteiger partial charge in [-0.05, 0) is 19.3 Å². The normalized spacial score (nSPS) is 19.1. The van der Waals surface area contributed by atoms with E-state index in [9.17, 15) is 10.1 Å². The van der Waals surface area contributed by atoms with E-state index >= 15 is 0 Å². The Hall–Kier alpha value is -1.89. The molecule has 1 aliphatic rings. The quantitative estimate of drug-likeness (QED) is 0.654. The molecule has 0 aliphatic carbocycles. The predicted molar refractivity (Wildman–Crippen MR) is 76.8 cm³/mol. The van der Waals surface area contributed by atoms with E-state index in [2.05, 4.69) is 11.9 Å². The van der Waals surface area contributed by atoms with Crippen molar-refractivity contribution in [3.63, 3.8) is 0 Å². The molecule has 0 saturated carbocycles. The molecule has 7 heteroatoms. The van der Waals surface area contributed by atoms with Gasteiger partial charge in [-0.15, -0.1) is 0 Å². The second-order valence-electron chi connectivity index (χ2n) is 4.95. The van der Waals surface area contributed by atoms with E-state index in [0.717, 1.165) is 32.4 Å². The van der Waals surface area contributed by atoms with Crippen LogP contribution in [0.25, 0.3) is 0 Å². The van der Waals surface area contributed by atoms with Crippen LogP contribution in [0.15, 0.2) is 12.1 Å². The maximum absolute atomic E-state index is 10.9. The second kappa shape index (κ2) is 6.51. The highest BCUT2D eigenvalue weighted by Crippen LogP contribution is 2.25. The lowest BCUT2D eigenvalue weighted by Gasteiger charge is -2.33. The summed E-state index contributed by atoms with van der Waals surface area (Å²) in [6.45, 7) is 4.33. The summed E-state index contributed by atoms with van der Waals surface area (Å²) in [5, 5.41) is 10.9. The summed E-state index contributed by atoms with van der Waals surface area (Å²) in [4.78, 5) is 16.6. The average molecular weight is 280 g/mol. The van der Waals surface area contributed by atoms with E-state index in [1.54, 1.807) is 0 Å². The lowest BCUT2D eigenvalue weighted by molar-refractivity contribution is -0.384. The van der Waals surface area contributed by atoms with Gasteiger partial charge in [-0.2, -0.15) is 0 Å². The minimum Gasteiger partial charge on any atom is -0.383 e. The Labute approximate surface area is 117 Å². The average Bonchev–Trinajstić information content (AvgIpc) is 2.44. The number of pyridine rings is 1. The van der Waals surface area contributed by atoms with Crippen molar-refractivity contribution in [2.75, 3.05) is 30.3 Å². The summed E-state index contributed by atoms with van der Waals surface area (Å²) in [5.74, 6) is 0.729. The molecule has 1 aromatic rings. The van der Waals surface area contributed by atoms with Crippen molar-refractivity contribution in [1.29, 1.82) is 0 Å². The maximum atomic E-state index is 10.9. The molecule has 2 rings (SSSR count). The third-order valence-electron chi connectivity index (χ3n) is 3.29. The van der Waals surface area contributed by atoms with Gasteiger partial charge in [0.2, 0.25) is 0 Å². The number of nitrogens with zero attached hydrogens (tertiary/aromatic N) is 3. The molecule has 2 heterocycles. The zero-order valence-corrected chi connectivity index (χ0v) is 11.6. The molecule has 20 heavy (non-hydrogen) atoms. The largest absolute Gasteiger partial charge is 0.383 e. The van der Waals surface area contributed by atoms with Crippen molar-refractivity contribution < 1.29 is 9.66 Å².